The van der Waals surface area contributed by atoms with Gasteiger partial charge in [-0.05, 0) is 33.2 Å². The van der Waals surface area contributed by atoms with Crippen molar-refractivity contribution in [2.24, 2.45) is 5.41 Å². The number of hydrogen-bond donors (Lipinski definition) is 0. The minimum Gasteiger partial charge on any atom is -0.344 e. The zero-order valence-electron chi connectivity index (χ0n) is 11.9. The predicted octanol–water partition coefficient (Wildman–Crippen LogP) is 1.81. The van der Waals surface area contributed by atoms with E-state index in [9.17, 15) is 4.79 Å². The Balaban J connectivity index is 1.69. The number of amides is 1. The van der Waals surface area contributed by atoms with Gasteiger partial charge in [0.2, 0.25) is 5.91 Å². The van der Waals surface area contributed by atoms with E-state index in [1.165, 1.54) is 4.88 Å². The first kappa shape index (κ1) is 13.1. The second kappa shape index (κ2) is 4.56. The number of aromatic nitrogens is 1. The summed E-state index contributed by atoms with van der Waals surface area (Å²) in [5, 5.41) is 1.14. The Morgan fingerprint density at radius 1 is 1.37 bits per heavy atom. The van der Waals surface area contributed by atoms with Crippen LogP contribution in [0.1, 0.15) is 28.4 Å². The molecular formula is C14H21N3OS. The molecule has 0 aliphatic carbocycles. The molecule has 2 fully saturated rings. The van der Waals surface area contributed by atoms with Crippen molar-refractivity contribution in [2.75, 3.05) is 26.7 Å². The van der Waals surface area contributed by atoms with Crippen LogP contribution in [-0.4, -0.2) is 47.4 Å². The summed E-state index contributed by atoms with van der Waals surface area (Å²) in [6, 6.07) is 0. The van der Waals surface area contributed by atoms with Gasteiger partial charge >= 0.3 is 0 Å². The van der Waals surface area contributed by atoms with E-state index in [2.05, 4.69) is 23.7 Å². The lowest BCUT2D eigenvalue weighted by molar-refractivity contribution is -0.163. The fourth-order valence-electron chi connectivity index (χ4n) is 3.50. The van der Waals surface area contributed by atoms with E-state index in [0.717, 1.165) is 49.7 Å². The summed E-state index contributed by atoms with van der Waals surface area (Å²) in [4.78, 5) is 22.2. The fourth-order valence-corrected chi connectivity index (χ4v) is 4.48. The van der Waals surface area contributed by atoms with Gasteiger partial charge < -0.3 is 4.90 Å². The van der Waals surface area contributed by atoms with Gasteiger partial charge in [-0.2, -0.15) is 0 Å². The first-order chi connectivity index (χ1) is 9.00. The molecule has 0 saturated carbocycles. The summed E-state index contributed by atoms with van der Waals surface area (Å²) in [6.07, 6.45) is 2.20. The van der Waals surface area contributed by atoms with Crippen LogP contribution in [0, 0.1) is 19.3 Å². The average molecular weight is 279 g/mol. The predicted molar refractivity (Wildman–Crippen MR) is 76.2 cm³/mol. The molecule has 19 heavy (non-hydrogen) atoms. The average Bonchev–Trinajstić information content (AvgIpc) is 2.68. The maximum atomic E-state index is 12.1. The van der Waals surface area contributed by atoms with E-state index in [1.807, 2.05) is 11.9 Å². The highest BCUT2D eigenvalue weighted by Crippen LogP contribution is 2.40. The number of hydrogen-bond acceptors (Lipinski definition) is 4. The third kappa shape index (κ3) is 2.19. The zero-order valence-corrected chi connectivity index (χ0v) is 12.7. The largest absolute Gasteiger partial charge is 0.344 e. The lowest BCUT2D eigenvalue weighted by atomic mass is 9.72. The number of piperidine rings is 1. The molecule has 3 rings (SSSR count). The smallest absolute Gasteiger partial charge is 0.231 e. The molecule has 3 heterocycles. The van der Waals surface area contributed by atoms with Gasteiger partial charge in [0.25, 0.3) is 0 Å². The van der Waals surface area contributed by atoms with Crippen LogP contribution in [0.25, 0.3) is 0 Å². The van der Waals surface area contributed by atoms with E-state index < -0.39 is 0 Å². The van der Waals surface area contributed by atoms with Crippen molar-refractivity contribution in [3.8, 4) is 0 Å². The third-order valence-corrected chi connectivity index (χ3v) is 5.42. The minimum absolute atomic E-state index is 0.0688. The molecule has 0 aromatic carbocycles. The quantitative estimate of drug-likeness (QED) is 0.775. The molecule has 2 saturated heterocycles. The van der Waals surface area contributed by atoms with E-state index in [0.29, 0.717) is 5.91 Å². The maximum Gasteiger partial charge on any atom is 0.231 e. The standard InChI is InChI=1S/C14H21N3OS/c1-10-12(19-11(2)15-10)7-17-6-4-5-14(9-17)8-16(3)13(14)18/h4-9H2,1-3H3/t14-/m1/s1. The number of carbonyl (C=O) groups excluding carboxylic acids is 1. The summed E-state index contributed by atoms with van der Waals surface area (Å²) in [7, 11) is 1.91. The second-order valence-electron chi connectivity index (χ2n) is 6.00. The molecule has 0 radical (unpaired) electrons. The monoisotopic (exact) mass is 279 g/mol. The molecule has 1 aromatic rings. The second-order valence-corrected chi connectivity index (χ2v) is 7.28. The Morgan fingerprint density at radius 2 is 2.16 bits per heavy atom. The molecule has 0 bridgehead atoms. The number of nitrogens with zero attached hydrogens (tertiary/aromatic N) is 3. The molecule has 1 spiro atoms. The van der Waals surface area contributed by atoms with Crippen LogP contribution in [0.5, 0.6) is 0 Å². The molecular weight excluding hydrogens is 258 g/mol. The SMILES string of the molecule is Cc1nc(C)c(CN2CCC[C@]3(C2)CN(C)C3=O)s1. The van der Waals surface area contributed by atoms with Crippen molar-refractivity contribution >= 4 is 17.2 Å². The summed E-state index contributed by atoms with van der Waals surface area (Å²) in [6.45, 7) is 8.06. The van der Waals surface area contributed by atoms with E-state index in [1.54, 1.807) is 11.3 Å². The Kier molecular flexibility index (Phi) is 3.14. The lowest BCUT2D eigenvalue weighted by Gasteiger charge is -2.52. The highest BCUT2D eigenvalue weighted by atomic mass is 32.1. The first-order valence-electron chi connectivity index (χ1n) is 6.91. The van der Waals surface area contributed by atoms with Gasteiger partial charge in [-0.15, -0.1) is 11.3 Å². The van der Waals surface area contributed by atoms with Crippen LogP contribution in [0.4, 0.5) is 0 Å². The Labute approximate surface area is 118 Å². The van der Waals surface area contributed by atoms with Crippen molar-refractivity contribution in [1.82, 2.24) is 14.8 Å². The van der Waals surface area contributed by atoms with E-state index >= 15 is 0 Å². The molecule has 1 atom stereocenters. The van der Waals surface area contributed by atoms with Crippen LogP contribution in [0.2, 0.25) is 0 Å². The number of aryl methyl sites for hydroxylation is 2. The molecule has 104 valence electrons. The van der Waals surface area contributed by atoms with E-state index in [4.69, 9.17) is 0 Å². The van der Waals surface area contributed by atoms with Crippen LogP contribution >= 0.6 is 11.3 Å². The molecule has 4 nitrogen and oxygen atoms in total. The van der Waals surface area contributed by atoms with Gasteiger partial charge in [0.05, 0.1) is 16.1 Å². The summed E-state index contributed by atoms with van der Waals surface area (Å²) < 4.78 is 0. The lowest BCUT2D eigenvalue weighted by Crippen LogP contribution is -2.65. The van der Waals surface area contributed by atoms with Gasteiger partial charge in [-0.1, -0.05) is 0 Å². The molecule has 1 amide bonds. The summed E-state index contributed by atoms with van der Waals surface area (Å²) >= 11 is 1.79. The van der Waals surface area contributed by atoms with Gasteiger partial charge in [0.15, 0.2) is 0 Å². The molecule has 0 unspecified atom stereocenters. The number of thiazole rings is 1. The Hall–Kier alpha value is -0.940. The summed E-state index contributed by atoms with van der Waals surface area (Å²) in [5.74, 6) is 0.342. The highest BCUT2D eigenvalue weighted by molar-refractivity contribution is 7.11. The number of rotatable bonds is 2. The van der Waals surface area contributed by atoms with Crippen LogP contribution in [0.3, 0.4) is 0 Å². The fraction of sp³-hybridized carbons (Fsp3) is 0.714. The molecule has 2 aliphatic rings. The normalized spacial score (nSPS) is 27.9. The zero-order chi connectivity index (χ0) is 13.6. The number of likely N-dealkylation sites (tertiary alicyclic amines) is 2. The molecule has 5 heteroatoms. The Bertz CT molecular complexity index is 509. The van der Waals surface area contributed by atoms with Crippen LogP contribution in [-0.2, 0) is 11.3 Å². The van der Waals surface area contributed by atoms with Crippen molar-refractivity contribution in [3.63, 3.8) is 0 Å². The van der Waals surface area contributed by atoms with Gasteiger partial charge in [0, 0.05) is 31.6 Å². The van der Waals surface area contributed by atoms with Crippen molar-refractivity contribution in [2.45, 2.75) is 33.2 Å². The van der Waals surface area contributed by atoms with Crippen molar-refractivity contribution in [3.05, 3.63) is 15.6 Å². The highest BCUT2D eigenvalue weighted by Gasteiger charge is 2.52. The Morgan fingerprint density at radius 3 is 2.74 bits per heavy atom. The number of carbonyl (C=O) groups is 1. The minimum atomic E-state index is -0.0688. The van der Waals surface area contributed by atoms with Crippen LogP contribution in [0.15, 0.2) is 0 Å². The number of β-lactam (4-membered cyclic amide) rings is 1. The maximum absolute atomic E-state index is 12.1. The van der Waals surface area contributed by atoms with Crippen molar-refractivity contribution in [1.29, 1.82) is 0 Å². The topological polar surface area (TPSA) is 36.4 Å². The van der Waals surface area contributed by atoms with Gasteiger partial charge in [-0.3, -0.25) is 9.69 Å². The molecule has 0 N–H and O–H groups in total. The van der Waals surface area contributed by atoms with E-state index in [-0.39, 0.29) is 5.41 Å². The van der Waals surface area contributed by atoms with Crippen molar-refractivity contribution < 1.29 is 4.79 Å². The first-order valence-corrected chi connectivity index (χ1v) is 7.73. The third-order valence-electron chi connectivity index (χ3n) is 4.36. The molecule has 2 aliphatic heterocycles. The summed E-state index contributed by atoms with van der Waals surface area (Å²) in [5.41, 5.74) is 1.08. The van der Waals surface area contributed by atoms with Gasteiger partial charge in [-0.25, -0.2) is 4.98 Å². The molecule has 1 aromatic heterocycles. The van der Waals surface area contributed by atoms with Crippen LogP contribution < -0.4 is 0 Å². The van der Waals surface area contributed by atoms with Gasteiger partial charge in [0.1, 0.15) is 0 Å².